The van der Waals surface area contributed by atoms with Crippen molar-refractivity contribution in [2.75, 3.05) is 6.61 Å². The predicted molar refractivity (Wildman–Crippen MR) is 70.2 cm³/mol. The Bertz CT molecular complexity index is 424. The van der Waals surface area contributed by atoms with Crippen molar-refractivity contribution in [3.8, 4) is 0 Å². The summed E-state index contributed by atoms with van der Waals surface area (Å²) in [5.74, 6) is 0.140. The minimum Gasteiger partial charge on any atom is -0.390 e. The molecular formula is C15H24O4. The van der Waals surface area contributed by atoms with Crippen LogP contribution in [-0.2, 0) is 4.74 Å². The van der Waals surface area contributed by atoms with Gasteiger partial charge in [0.15, 0.2) is 6.29 Å². The Balaban J connectivity index is 2.01. The van der Waals surface area contributed by atoms with Gasteiger partial charge in [-0.3, -0.25) is 0 Å². The maximum Gasteiger partial charge on any atom is 0.178 e. The van der Waals surface area contributed by atoms with E-state index >= 15 is 0 Å². The van der Waals surface area contributed by atoms with Gasteiger partial charge in [-0.05, 0) is 48.2 Å². The summed E-state index contributed by atoms with van der Waals surface area (Å²) in [6.45, 7) is 6.51. The molecule has 0 spiro atoms. The van der Waals surface area contributed by atoms with Gasteiger partial charge in [-0.25, -0.2) is 0 Å². The number of rotatable bonds is 0. The molecule has 1 fully saturated rings. The molecule has 1 heterocycles. The van der Waals surface area contributed by atoms with Crippen molar-refractivity contribution in [1.82, 2.24) is 0 Å². The van der Waals surface area contributed by atoms with E-state index in [1.165, 1.54) is 0 Å². The summed E-state index contributed by atoms with van der Waals surface area (Å²) in [6.07, 6.45) is 0.676. The largest absolute Gasteiger partial charge is 0.390 e. The van der Waals surface area contributed by atoms with Crippen molar-refractivity contribution in [2.24, 2.45) is 17.3 Å². The topological polar surface area (TPSA) is 69.9 Å². The van der Waals surface area contributed by atoms with Crippen LogP contribution in [0.25, 0.3) is 0 Å². The molecule has 0 saturated heterocycles. The molecule has 1 aliphatic heterocycles. The van der Waals surface area contributed by atoms with Gasteiger partial charge in [0.05, 0.1) is 18.3 Å². The molecule has 0 amide bonds. The molecule has 4 heteroatoms. The highest BCUT2D eigenvalue weighted by molar-refractivity contribution is 5.30. The first-order valence-corrected chi connectivity index (χ1v) is 7.13. The highest BCUT2D eigenvalue weighted by atomic mass is 16.6. The third kappa shape index (κ3) is 2.05. The number of hydrogen-bond acceptors (Lipinski definition) is 4. The lowest BCUT2D eigenvalue weighted by Crippen LogP contribution is -2.39. The summed E-state index contributed by atoms with van der Waals surface area (Å²) in [5.41, 5.74) is 0.768. The van der Waals surface area contributed by atoms with Gasteiger partial charge in [-0.15, -0.1) is 0 Å². The van der Waals surface area contributed by atoms with Gasteiger partial charge in [0.1, 0.15) is 0 Å². The molecule has 0 aromatic carbocycles. The second-order valence-electron chi connectivity index (χ2n) is 7.54. The second kappa shape index (κ2) is 4.04. The fraction of sp³-hybridized carbons (Fsp3) is 0.867. The fourth-order valence-electron chi connectivity index (χ4n) is 4.39. The molecule has 3 rings (SSSR count). The first-order valence-electron chi connectivity index (χ1n) is 7.13. The zero-order valence-electron chi connectivity index (χ0n) is 11.9. The van der Waals surface area contributed by atoms with Gasteiger partial charge < -0.3 is 20.1 Å². The van der Waals surface area contributed by atoms with Crippen LogP contribution in [0, 0.1) is 17.3 Å². The Hall–Kier alpha value is -0.420. The number of aliphatic hydroxyl groups excluding tert-OH is 2. The van der Waals surface area contributed by atoms with Crippen LogP contribution in [0.5, 0.6) is 0 Å². The Morgan fingerprint density at radius 1 is 1.11 bits per heavy atom. The lowest BCUT2D eigenvalue weighted by atomic mass is 9.78. The molecule has 3 aliphatic rings. The molecule has 5 atom stereocenters. The van der Waals surface area contributed by atoms with E-state index in [-0.39, 0.29) is 23.9 Å². The molecule has 2 aliphatic carbocycles. The number of fused-ring (bicyclic) bond motifs is 1. The van der Waals surface area contributed by atoms with Crippen LogP contribution in [0.1, 0.15) is 40.0 Å². The third-order valence-electron chi connectivity index (χ3n) is 5.29. The maximum absolute atomic E-state index is 10.8. The minimum atomic E-state index is -0.956. The molecule has 1 saturated carbocycles. The molecule has 4 nitrogen and oxygen atoms in total. The van der Waals surface area contributed by atoms with Crippen LogP contribution in [0.4, 0.5) is 0 Å². The van der Waals surface area contributed by atoms with Gasteiger partial charge >= 0.3 is 0 Å². The van der Waals surface area contributed by atoms with Crippen molar-refractivity contribution in [3.63, 3.8) is 0 Å². The first-order chi connectivity index (χ1) is 8.71. The van der Waals surface area contributed by atoms with Crippen molar-refractivity contribution in [3.05, 3.63) is 11.1 Å². The van der Waals surface area contributed by atoms with Crippen LogP contribution >= 0.6 is 0 Å². The summed E-state index contributed by atoms with van der Waals surface area (Å²) >= 11 is 0. The third-order valence-corrected chi connectivity index (χ3v) is 5.29. The molecule has 0 unspecified atom stereocenters. The lowest BCUT2D eigenvalue weighted by Gasteiger charge is -2.34. The van der Waals surface area contributed by atoms with Gasteiger partial charge in [0, 0.05) is 6.42 Å². The summed E-state index contributed by atoms with van der Waals surface area (Å²) in [5, 5.41) is 31.3. The van der Waals surface area contributed by atoms with Crippen LogP contribution in [0.15, 0.2) is 11.1 Å². The predicted octanol–water partition coefficient (Wildman–Crippen LogP) is 1.20. The maximum atomic E-state index is 10.8. The summed E-state index contributed by atoms with van der Waals surface area (Å²) in [6, 6.07) is 0. The van der Waals surface area contributed by atoms with Crippen LogP contribution < -0.4 is 0 Å². The molecule has 0 aromatic rings. The average molecular weight is 268 g/mol. The van der Waals surface area contributed by atoms with Crippen LogP contribution in [0.3, 0.4) is 0 Å². The highest BCUT2D eigenvalue weighted by Gasteiger charge is 2.54. The molecular weight excluding hydrogens is 244 g/mol. The Labute approximate surface area is 114 Å². The quantitative estimate of drug-likeness (QED) is 0.577. The van der Waals surface area contributed by atoms with E-state index in [0.29, 0.717) is 12.0 Å². The second-order valence-corrected chi connectivity index (χ2v) is 7.54. The smallest absolute Gasteiger partial charge is 0.178 e. The fourth-order valence-corrected chi connectivity index (χ4v) is 4.39. The summed E-state index contributed by atoms with van der Waals surface area (Å²) in [7, 11) is 0. The van der Waals surface area contributed by atoms with Crippen molar-refractivity contribution < 1.29 is 20.1 Å². The number of aliphatic hydroxyl groups is 3. The van der Waals surface area contributed by atoms with E-state index in [0.717, 1.165) is 18.4 Å². The molecule has 0 aromatic heterocycles. The van der Waals surface area contributed by atoms with Crippen molar-refractivity contribution in [2.45, 2.75) is 58.0 Å². The van der Waals surface area contributed by atoms with Gasteiger partial charge in [0.25, 0.3) is 0 Å². The Kier molecular flexibility index (Phi) is 2.88. The van der Waals surface area contributed by atoms with E-state index < -0.39 is 18.0 Å². The molecule has 3 N–H and O–H groups in total. The summed E-state index contributed by atoms with van der Waals surface area (Å²) < 4.78 is 5.23. The SMILES string of the molecule is CC1(C)C[C@H]2[C@H](O)C3=C(C[C@](C)(O)[C@H]2C1)[C@H](O)OC3. The van der Waals surface area contributed by atoms with Gasteiger partial charge in [-0.1, -0.05) is 13.8 Å². The van der Waals surface area contributed by atoms with E-state index in [4.69, 9.17) is 4.74 Å². The van der Waals surface area contributed by atoms with E-state index in [9.17, 15) is 15.3 Å². The first kappa shape index (κ1) is 13.6. The molecule has 0 bridgehead atoms. The minimum absolute atomic E-state index is 0.0615. The normalized spacial score (nSPS) is 48.9. The number of ether oxygens (including phenoxy) is 1. The zero-order chi connectivity index (χ0) is 14.0. The molecule has 0 radical (unpaired) electrons. The Morgan fingerprint density at radius 3 is 2.47 bits per heavy atom. The van der Waals surface area contributed by atoms with E-state index in [1.807, 2.05) is 6.92 Å². The molecule has 108 valence electrons. The number of hydrogen-bond donors (Lipinski definition) is 3. The van der Waals surface area contributed by atoms with E-state index in [1.54, 1.807) is 0 Å². The zero-order valence-corrected chi connectivity index (χ0v) is 11.9. The summed E-state index contributed by atoms with van der Waals surface area (Å²) in [4.78, 5) is 0. The average Bonchev–Trinajstić information content (AvgIpc) is 2.78. The monoisotopic (exact) mass is 268 g/mol. The molecule has 19 heavy (non-hydrogen) atoms. The van der Waals surface area contributed by atoms with Crippen molar-refractivity contribution >= 4 is 0 Å². The van der Waals surface area contributed by atoms with Crippen molar-refractivity contribution in [1.29, 1.82) is 0 Å². The van der Waals surface area contributed by atoms with Gasteiger partial charge in [0.2, 0.25) is 0 Å². The van der Waals surface area contributed by atoms with E-state index in [2.05, 4.69) is 13.8 Å². The van der Waals surface area contributed by atoms with Crippen LogP contribution in [0.2, 0.25) is 0 Å². The van der Waals surface area contributed by atoms with Gasteiger partial charge in [-0.2, -0.15) is 0 Å². The van der Waals surface area contributed by atoms with Crippen LogP contribution in [-0.4, -0.2) is 39.9 Å². The highest BCUT2D eigenvalue weighted by Crippen LogP contribution is 2.55. The Morgan fingerprint density at radius 2 is 1.79 bits per heavy atom. The standard InChI is InChI=1S/C15H24O4/c1-14(2)4-9-11(6-14)15(3,18)5-8-10(12(9)16)7-19-13(8)17/h9,11-13,16-18H,4-7H2,1-3H3/t9-,11+,12+,13-,15+/m1/s1. The lowest BCUT2D eigenvalue weighted by molar-refractivity contribution is -0.0742.